The van der Waals surface area contributed by atoms with Crippen LogP contribution in [0.1, 0.15) is 18.9 Å². The number of hydrogen-bond donors (Lipinski definition) is 1. The number of nitro benzene ring substituents is 1. The topological polar surface area (TPSA) is 92.9 Å². The fourth-order valence-electron chi connectivity index (χ4n) is 2.49. The number of hydrogen-bond acceptors (Lipinski definition) is 5. The molecule has 0 heterocycles. The molecular weight excluding hydrogens is 360 g/mol. The van der Waals surface area contributed by atoms with Crippen molar-refractivity contribution in [3.05, 3.63) is 63.2 Å². The molecule has 0 saturated carbocycles. The van der Waals surface area contributed by atoms with Crippen LogP contribution in [0.3, 0.4) is 0 Å². The number of carboxylic acid groups (broad SMARTS) is 1. The highest BCUT2D eigenvalue weighted by Gasteiger charge is 2.16. The Kier molecular flexibility index (Phi) is 6.94. The van der Waals surface area contributed by atoms with Gasteiger partial charge in [0.15, 0.2) is 0 Å². The van der Waals surface area contributed by atoms with Crippen LogP contribution in [-0.2, 0) is 11.3 Å². The van der Waals surface area contributed by atoms with Gasteiger partial charge in [-0.1, -0.05) is 30.7 Å². The number of carbonyl (C=O) groups is 1. The lowest BCUT2D eigenvalue weighted by molar-refractivity contribution is -0.385. The van der Waals surface area contributed by atoms with E-state index in [-0.39, 0.29) is 23.0 Å². The van der Waals surface area contributed by atoms with Crippen LogP contribution in [0.5, 0.6) is 11.5 Å². The summed E-state index contributed by atoms with van der Waals surface area (Å²) in [5.74, 6) is -0.321. The largest absolute Gasteiger partial charge is 0.480 e. The summed E-state index contributed by atoms with van der Waals surface area (Å²) < 4.78 is 5.59. The van der Waals surface area contributed by atoms with Crippen LogP contribution < -0.4 is 4.74 Å². The van der Waals surface area contributed by atoms with Gasteiger partial charge in [-0.3, -0.25) is 19.8 Å². The fourth-order valence-corrected chi connectivity index (χ4v) is 2.66. The summed E-state index contributed by atoms with van der Waals surface area (Å²) in [5.41, 5.74) is 0.717. The Balaban J connectivity index is 2.10. The van der Waals surface area contributed by atoms with Crippen molar-refractivity contribution in [2.24, 2.45) is 0 Å². The van der Waals surface area contributed by atoms with Gasteiger partial charge < -0.3 is 9.84 Å². The van der Waals surface area contributed by atoms with Gasteiger partial charge in [0.1, 0.15) is 5.75 Å². The second-order valence-corrected chi connectivity index (χ2v) is 6.16. The predicted molar refractivity (Wildman–Crippen MR) is 97.8 cm³/mol. The van der Waals surface area contributed by atoms with Gasteiger partial charge in [-0.25, -0.2) is 0 Å². The van der Waals surface area contributed by atoms with Crippen molar-refractivity contribution in [2.75, 3.05) is 13.1 Å². The van der Waals surface area contributed by atoms with Crippen molar-refractivity contribution in [2.45, 2.75) is 19.9 Å². The molecule has 0 fully saturated rings. The van der Waals surface area contributed by atoms with Crippen molar-refractivity contribution in [1.82, 2.24) is 4.90 Å². The Morgan fingerprint density at radius 3 is 2.54 bits per heavy atom. The number of benzene rings is 2. The van der Waals surface area contributed by atoms with E-state index in [0.29, 0.717) is 18.8 Å². The Morgan fingerprint density at radius 2 is 1.96 bits per heavy atom. The first-order valence-electron chi connectivity index (χ1n) is 8.04. The zero-order chi connectivity index (χ0) is 19.1. The smallest absolute Gasteiger partial charge is 0.317 e. The van der Waals surface area contributed by atoms with Crippen molar-refractivity contribution in [3.8, 4) is 11.5 Å². The van der Waals surface area contributed by atoms with E-state index in [9.17, 15) is 14.9 Å². The lowest BCUT2D eigenvalue weighted by Gasteiger charge is -2.19. The van der Waals surface area contributed by atoms with Crippen LogP contribution in [0.4, 0.5) is 5.69 Å². The lowest BCUT2D eigenvalue weighted by atomic mass is 10.2. The molecule has 0 aliphatic carbocycles. The van der Waals surface area contributed by atoms with Crippen LogP contribution in [0.25, 0.3) is 0 Å². The summed E-state index contributed by atoms with van der Waals surface area (Å²) in [5, 5.41) is 20.3. The molecule has 1 N–H and O–H groups in total. The Morgan fingerprint density at radius 1 is 1.27 bits per heavy atom. The molecule has 26 heavy (non-hydrogen) atoms. The van der Waals surface area contributed by atoms with Gasteiger partial charge in [0.2, 0.25) is 5.75 Å². The number of carboxylic acids is 1. The normalized spacial score (nSPS) is 10.7. The maximum absolute atomic E-state index is 11.1. The van der Waals surface area contributed by atoms with E-state index in [2.05, 4.69) is 0 Å². The minimum atomic E-state index is -0.867. The van der Waals surface area contributed by atoms with Crippen LogP contribution in [0.15, 0.2) is 42.5 Å². The molecule has 2 aromatic carbocycles. The number of halogens is 1. The van der Waals surface area contributed by atoms with Gasteiger partial charge in [0, 0.05) is 17.6 Å². The predicted octanol–water partition coefficient (Wildman–Crippen LogP) is 4.34. The van der Waals surface area contributed by atoms with E-state index >= 15 is 0 Å². The molecular formula is C18H19ClN2O5. The zero-order valence-electron chi connectivity index (χ0n) is 14.2. The molecule has 0 amide bonds. The molecule has 0 bridgehead atoms. The summed E-state index contributed by atoms with van der Waals surface area (Å²) in [6, 6.07) is 11.2. The molecule has 0 aliphatic heterocycles. The first-order valence-corrected chi connectivity index (χ1v) is 8.41. The van der Waals surface area contributed by atoms with Crippen molar-refractivity contribution < 1.29 is 19.6 Å². The third kappa shape index (κ3) is 5.72. The summed E-state index contributed by atoms with van der Waals surface area (Å²) >= 11 is 5.79. The Bertz CT molecular complexity index is 780. The minimum Gasteiger partial charge on any atom is -0.480 e. The van der Waals surface area contributed by atoms with E-state index in [0.717, 1.165) is 12.0 Å². The molecule has 8 heteroatoms. The number of nitro groups is 1. The van der Waals surface area contributed by atoms with Gasteiger partial charge in [-0.05, 0) is 42.8 Å². The highest BCUT2D eigenvalue weighted by atomic mass is 35.5. The standard InChI is InChI=1S/C18H19ClN2O5/c1-2-9-20(12-18(22)23)11-13-3-6-15(7-4-13)26-17-8-5-14(19)10-16(17)21(24)25/h3-8,10H,2,9,11-12H2,1H3,(H,22,23). The van der Waals surface area contributed by atoms with Crippen molar-refractivity contribution in [1.29, 1.82) is 0 Å². The molecule has 2 aromatic rings. The molecule has 0 radical (unpaired) electrons. The molecule has 7 nitrogen and oxygen atoms in total. The first-order chi connectivity index (χ1) is 12.4. The number of aliphatic carboxylic acids is 1. The first kappa shape index (κ1) is 19.7. The number of ether oxygens (including phenoxy) is 1. The van der Waals surface area contributed by atoms with Gasteiger partial charge in [0.05, 0.1) is 11.5 Å². The van der Waals surface area contributed by atoms with E-state index in [1.165, 1.54) is 18.2 Å². The molecule has 0 aliphatic rings. The lowest BCUT2D eigenvalue weighted by Crippen LogP contribution is -2.30. The second kappa shape index (κ2) is 9.17. The molecule has 0 aromatic heterocycles. The van der Waals surface area contributed by atoms with Crippen LogP contribution >= 0.6 is 11.6 Å². The van der Waals surface area contributed by atoms with E-state index < -0.39 is 10.9 Å². The summed E-state index contributed by atoms with van der Waals surface area (Å²) in [6.45, 7) is 3.15. The van der Waals surface area contributed by atoms with Gasteiger partial charge in [0.25, 0.3) is 0 Å². The van der Waals surface area contributed by atoms with Gasteiger partial charge in [-0.15, -0.1) is 0 Å². The average Bonchev–Trinajstić information content (AvgIpc) is 2.57. The fraction of sp³-hybridized carbons (Fsp3) is 0.278. The number of rotatable bonds is 9. The van der Waals surface area contributed by atoms with Crippen LogP contribution in [0, 0.1) is 10.1 Å². The van der Waals surface area contributed by atoms with Crippen molar-refractivity contribution in [3.63, 3.8) is 0 Å². The van der Waals surface area contributed by atoms with E-state index in [1.54, 1.807) is 12.1 Å². The molecule has 138 valence electrons. The molecule has 0 unspecified atom stereocenters. The second-order valence-electron chi connectivity index (χ2n) is 5.72. The number of nitrogens with zero attached hydrogens (tertiary/aromatic N) is 2. The molecule has 2 rings (SSSR count). The SMILES string of the molecule is CCCN(CC(=O)O)Cc1ccc(Oc2ccc(Cl)cc2[N+](=O)[O-])cc1. The van der Waals surface area contributed by atoms with E-state index in [4.69, 9.17) is 21.4 Å². The maximum Gasteiger partial charge on any atom is 0.317 e. The quantitative estimate of drug-likeness (QED) is 0.515. The Hall–Kier alpha value is -2.64. The monoisotopic (exact) mass is 378 g/mol. The van der Waals surface area contributed by atoms with Gasteiger partial charge in [-0.2, -0.15) is 0 Å². The summed E-state index contributed by atoms with van der Waals surface area (Å²) in [4.78, 5) is 23.3. The average molecular weight is 379 g/mol. The third-order valence-electron chi connectivity index (χ3n) is 3.57. The van der Waals surface area contributed by atoms with Gasteiger partial charge >= 0.3 is 11.7 Å². The summed E-state index contributed by atoms with van der Waals surface area (Å²) in [6.07, 6.45) is 0.856. The molecule has 0 spiro atoms. The highest BCUT2D eigenvalue weighted by Crippen LogP contribution is 2.33. The zero-order valence-corrected chi connectivity index (χ0v) is 15.0. The minimum absolute atomic E-state index is 0.0247. The van der Waals surface area contributed by atoms with Crippen LogP contribution in [0.2, 0.25) is 5.02 Å². The maximum atomic E-state index is 11.1. The van der Waals surface area contributed by atoms with Crippen molar-refractivity contribution >= 4 is 23.3 Å². The third-order valence-corrected chi connectivity index (χ3v) is 3.81. The molecule has 0 atom stereocenters. The van der Waals surface area contributed by atoms with E-state index in [1.807, 2.05) is 24.0 Å². The highest BCUT2D eigenvalue weighted by molar-refractivity contribution is 6.30. The summed E-state index contributed by atoms with van der Waals surface area (Å²) in [7, 11) is 0. The van der Waals surface area contributed by atoms with Crippen LogP contribution in [-0.4, -0.2) is 34.0 Å². The molecule has 0 saturated heterocycles. The Labute approximate surface area is 155 Å².